The molecule has 0 bridgehead atoms. The number of nitrogens with one attached hydrogen (secondary N) is 1. The Kier molecular flexibility index (Phi) is 3.46. The van der Waals surface area contributed by atoms with Gasteiger partial charge in [-0.05, 0) is 39.0 Å². The number of furan rings is 1. The van der Waals surface area contributed by atoms with E-state index in [1.165, 1.54) is 12.3 Å². The number of benzene rings is 1. The highest BCUT2D eigenvalue weighted by Gasteiger charge is 2.17. The summed E-state index contributed by atoms with van der Waals surface area (Å²) < 4.78 is 24.0. The van der Waals surface area contributed by atoms with Crippen LogP contribution in [-0.4, -0.2) is 11.7 Å². The molecule has 1 amide bonds. The van der Waals surface area contributed by atoms with Crippen molar-refractivity contribution < 1.29 is 18.3 Å². The predicted octanol–water partition coefficient (Wildman–Crippen LogP) is 3.60. The Balaban J connectivity index is 2.11. The number of hydrogen-bond donors (Lipinski definition) is 1. The van der Waals surface area contributed by atoms with Crippen molar-refractivity contribution >= 4 is 17.1 Å². The minimum absolute atomic E-state index is 0.0532. The molecule has 0 aliphatic carbocycles. The van der Waals surface area contributed by atoms with Crippen molar-refractivity contribution in [3.05, 3.63) is 35.8 Å². The Bertz CT molecular complexity index is 598. The highest BCUT2D eigenvalue weighted by molar-refractivity contribution is 5.81. The quantitative estimate of drug-likeness (QED) is 0.902. The molecule has 0 fully saturated rings. The first kappa shape index (κ1) is 13.4. The fourth-order valence-electron chi connectivity index (χ4n) is 1.73. The van der Waals surface area contributed by atoms with Gasteiger partial charge in [-0.2, -0.15) is 0 Å². The molecule has 1 N–H and O–H groups in total. The largest absolute Gasteiger partial charge is 0.464 e. The number of alkyl carbamates (subject to hydrolysis) is 1. The summed E-state index contributed by atoms with van der Waals surface area (Å²) in [6.07, 6.45) is 0.911. The van der Waals surface area contributed by atoms with Crippen LogP contribution in [0.25, 0.3) is 11.0 Å². The van der Waals surface area contributed by atoms with Crippen molar-refractivity contribution in [3.8, 4) is 0 Å². The van der Waals surface area contributed by atoms with Crippen molar-refractivity contribution in [1.82, 2.24) is 5.32 Å². The average molecular weight is 265 g/mol. The second kappa shape index (κ2) is 4.91. The Labute approximate surface area is 110 Å². The van der Waals surface area contributed by atoms with Crippen LogP contribution >= 0.6 is 0 Å². The number of fused-ring (bicyclic) bond motifs is 1. The first-order chi connectivity index (χ1) is 8.87. The van der Waals surface area contributed by atoms with Gasteiger partial charge in [-0.1, -0.05) is 0 Å². The molecule has 0 spiro atoms. The van der Waals surface area contributed by atoms with Crippen LogP contribution in [0.2, 0.25) is 0 Å². The second-order valence-corrected chi connectivity index (χ2v) is 5.21. The topological polar surface area (TPSA) is 51.5 Å². The lowest BCUT2D eigenvalue weighted by Gasteiger charge is -2.19. The molecule has 0 saturated carbocycles. The van der Waals surface area contributed by atoms with Crippen molar-refractivity contribution in [2.75, 3.05) is 0 Å². The van der Waals surface area contributed by atoms with E-state index < -0.39 is 11.7 Å². The lowest BCUT2D eigenvalue weighted by Crippen LogP contribution is -2.32. The molecular formula is C14H16FNO3. The molecule has 4 nitrogen and oxygen atoms in total. The number of ether oxygens (including phenoxy) is 1. The van der Waals surface area contributed by atoms with Crippen LogP contribution in [0, 0.1) is 5.82 Å². The normalized spacial score (nSPS) is 11.6. The SMILES string of the molecule is CC(C)(C)OC(=O)NCc1c(F)ccc2occc12. The van der Waals surface area contributed by atoms with Gasteiger partial charge in [-0.25, -0.2) is 9.18 Å². The van der Waals surface area contributed by atoms with Gasteiger partial charge in [0, 0.05) is 17.5 Å². The molecule has 0 radical (unpaired) electrons. The summed E-state index contributed by atoms with van der Waals surface area (Å²) in [7, 11) is 0. The molecule has 102 valence electrons. The highest BCUT2D eigenvalue weighted by Crippen LogP contribution is 2.22. The van der Waals surface area contributed by atoms with Crippen molar-refractivity contribution in [3.63, 3.8) is 0 Å². The second-order valence-electron chi connectivity index (χ2n) is 5.21. The lowest BCUT2D eigenvalue weighted by molar-refractivity contribution is 0.0523. The minimum atomic E-state index is -0.579. The fraction of sp³-hybridized carbons (Fsp3) is 0.357. The Hall–Kier alpha value is -2.04. The molecule has 0 atom stereocenters. The van der Waals surface area contributed by atoms with Gasteiger partial charge in [-0.3, -0.25) is 0 Å². The third kappa shape index (κ3) is 3.24. The van der Waals surface area contributed by atoms with Gasteiger partial charge in [0.15, 0.2) is 0 Å². The summed E-state index contributed by atoms with van der Waals surface area (Å²) in [5, 5.41) is 3.18. The van der Waals surface area contributed by atoms with Gasteiger partial charge in [0.25, 0.3) is 0 Å². The molecule has 1 heterocycles. The van der Waals surface area contributed by atoms with Crippen LogP contribution in [0.15, 0.2) is 28.9 Å². The average Bonchev–Trinajstić information content (AvgIpc) is 2.73. The summed E-state index contributed by atoms with van der Waals surface area (Å²) in [5.74, 6) is -0.384. The van der Waals surface area contributed by atoms with E-state index in [1.54, 1.807) is 32.9 Å². The van der Waals surface area contributed by atoms with Crippen LogP contribution in [-0.2, 0) is 11.3 Å². The van der Waals surface area contributed by atoms with E-state index in [1.807, 2.05) is 0 Å². The molecule has 0 unspecified atom stereocenters. The van der Waals surface area contributed by atoms with Gasteiger partial charge in [0.1, 0.15) is 17.0 Å². The van der Waals surface area contributed by atoms with E-state index in [9.17, 15) is 9.18 Å². The standard InChI is InChI=1S/C14H16FNO3/c1-14(2,3)19-13(17)16-8-10-9-6-7-18-12(9)5-4-11(10)15/h4-7H,8H2,1-3H3,(H,16,17). The van der Waals surface area contributed by atoms with E-state index in [-0.39, 0.29) is 12.4 Å². The maximum Gasteiger partial charge on any atom is 0.407 e. The molecular weight excluding hydrogens is 249 g/mol. The van der Waals surface area contributed by atoms with Crippen LogP contribution in [0.5, 0.6) is 0 Å². The van der Waals surface area contributed by atoms with Crippen LogP contribution < -0.4 is 5.32 Å². The fourth-order valence-corrected chi connectivity index (χ4v) is 1.73. The molecule has 2 rings (SSSR count). The first-order valence-electron chi connectivity index (χ1n) is 5.98. The highest BCUT2D eigenvalue weighted by atomic mass is 19.1. The third-order valence-corrected chi connectivity index (χ3v) is 2.50. The van der Waals surface area contributed by atoms with Crippen LogP contribution in [0.4, 0.5) is 9.18 Å². The summed E-state index contributed by atoms with van der Waals surface area (Å²) in [4.78, 5) is 11.5. The minimum Gasteiger partial charge on any atom is -0.464 e. The molecule has 5 heteroatoms. The van der Waals surface area contributed by atoms with E-state index >= 15 is 0 Å². The zero-order valence-corrected chi connectivity index (χ0v) is 11.1. The maximum absolute atomic E-state index is 13.8. The van der Waals surface area contributed by atoms with Gasteiger partial charge in [-0.15, -0.1) is 0 Å². The van der Waals surface area contributed by atoms with E-state index in [2.05, 4.69) is 5.32 Å². The van der Waals surface area contributed by atoms with Crippen molar-refractivity contribution in [1.29, 1.82) is 0 Å². The van der Waals surface area contributed by atoms with E-state index in [0.29, 0.717) is 16.5 Å². The number of carbonyl (C=O) groups is 1. The molecule has 1 aromatic carbocycles. The molecule has 0 aliphatic rings. The zero-order chi connectivity index (χ0) is 14.0. The maximum atomic E-state index is 13.8. The zero-order valence-electron chi connectivity index (χ0n) is 11.1. The molecule has 2 aromatic rings. The van der Waals surface area contributed by atoms with E-state index in [0.717, 1.165) is 0 Å². The van der Waals surface area contributed by atoms with Crippen LogP contribution in [0.1, 0.15) is 26.3 Å². The van der Waals surface area contributed by atoms with Gasteiger partial charge >= 0.3 is 6.09 Å². The number of amides is 1. The summed E-state index contributed by atoms with van der Waals surface area (Å²) in [6, 6.07) is 4.55. The van der Waals surface area contributed by atoms with Crippen LogP contribution in [0.3, 0.4) is 0 Å². The first-order valence-corrected chi connectivity index (χ1v) is 5.98. The molecule has 0 saturated heterocycles. The van der Waals surface area contributed by atoms with Crippen molar-refractivity contribution in [2.45, 2.75) is 32.9 Å². The number of hydrogen-bond acceptors (Lipinski definition) is 3. The number of carbonyl (C=O) groups excluding carboxylic acids is 1. The molecule has 19 heavy (non-hydrogen) atoms. The smallest absolute Gasteiger partial charge is 0.407 e. The van der Waals surface area contributed by atoms with Gasteiger partial charge < -0.3 is 14.5 Å². The van der Waals surface area contributed by atoms with Crippen molar-refractivity contribution in [2.24, 2.45) is 0 Å². The summed E-state index contributed by atoms with van der Waals surface area (Å²) >= 11 is 0. The van der Waals surface area contributed by atoms with Gasteiger partial charge in [0.05, 0.1) is 6.26 Å². The van der Waals surface area contributed by atoms with E-state index in [4.69, 9.17) is 9.15 Å². The molecule has 0 aliphatic heterocycles. The molecule has 1 aromatic heterocycles. The van der Waals surface area contributed by atoms with Gasteiger partial charge in [0.2, 0.25) is 0 Å². The Morgan fingerprint density at radius 2 is 2.11 bits per heavy atom. The number of rotatable bonds is 2. The summed E-state index contributed by atoms with van der Waals surface area (Å²) in [6.45, 7) is 5.36. The monoisotopic (exact) mass is 265 g/mol. The number of halogens is 1. The Morgan fingerprint density at radius 3 is 2.79 bits per heavy atom. The lowest BCUT2D eigenvalue weighted by atomic mass is 10.1. The Morgan fingerprint density at radius 1 is 1.37 bits per heavy atom. The summed E-state index contributed by atoms with van der Waals surface area (Å²) in [5.41, 5.74) is 0.393. The third-order valence-electron chi connectivity index (χ3n) is 2.50. The predicted molar refractivity (Wildman–Crippen MR) is 69.2 cm³/mol.